The Balaban J connectivity index is 1.67. The van der Waals surface area contributed by atoms with Gasteiger partial charge in [0.15, 0.2) is 5.96 Å². The van der Waals surface area contributed by atoms with Crippen molar-refractivity contribution in [3.05, 3.63) is 59.9 Å². The van der Waals surface area contributed by atoms with Gasteiger partial charge in [-0.2, -0.15) is 0 Å². The Bertz CT molecular complexity index is 596. The van der Waals surface area contributed by atoms with Gasteiger partial charge in [0.2, 0.25) is 0 Å². The fourth-order valence-corrected chi connectivity index (χ4v) is 2.19. The SMILES string of the molecule is CN=C(NCCCc1ccc(OC)cc1)NCc1ccccn1. The van der Waals surface area contributed by atoms with Crippen molar-refractivity contribution in [2.75, 3.05) is 20.7 Å². The highest BCUT2D eigenvalue weighted by Gasteiger charge is 1.99. The molecule has 0 amide bonds. The molecule has 2 N–H and O–H groups in total. The number of aryl methyl sites for hydroxylation is 1. The molecule has 0 aliphatic carbocycles. The van der Waals surface area contributed by atoms with Crippen LogP contribution in [0.25, 0.3) is 0 Å². The third-order valence-corrected chi connectivity index (χ3v) is 3.48. The lowest BCUT2D eigenvalue weighted by atomic mass is 10.1. The number of aromatic nitrogens is 1. The van der Waals surface area contributed by atoms with Gasteiger partial charge in [0.05, 0.1) is 19.3 Å². The highest BCUT2D eigenvalue weighted by molar-refractivity contribution is 5.79. The van der Waals surface area contributed by atoms with E-state index in [1.54, 1.807) is 20.4 Å². The van der Waals surface area contributed by atoms with Crippen LogP contribution in [0.15, 0.2) is 53.7 Å². The molecule has 0 saturated carbocycles. The van der Waals surface area contributed by atoms with Crippen LogP contribution < -0.4 is 15.4 Å². The van der Waals surface area contributed by atoms with E-state index in [0.717, 1.165) is 36.8 Å². The standard InChI is InChI=1S/C18H24N4O/c1-19-18(22-14-16-7-3-4-12-20-16)21-13-5-6-15-8-10-17(23-2)11-9-15/h3-4,7-12H,5-6,13-14H2,1-2H3,(H2,19,21,22). The first-order valence-electron chi connectivity index (χ1n) is 7.79. The second kappa shape index (κ2) is 9.46. The van der Waals surface area contributed by atoms with Crippen molar-refractivity contribution in [1.82, 2.24) is 15.6 Å². The van der Waals surface area contributed by atoms with Crippen molar-refractivity contribution in [3.63, 3.8) is 0 Å². The normalized spacial score (nSPS) is 11.1. The van der Waals surface area contributed by atoms with Crippen LogP contribution in [0.3, 0.4) is 0 Å². The fraction of sp³-hybridized carbons (Fsp3) is 0.333. The van der Waals surface area contributed by atoms with Gasteiger partial charge in [0.1, 0.15) is 5.75 Å². The van der Waals surface area contributed by atoms with Gasteiger partial charge < -0.3 is 15.4 Å². The van der Waals surface area contributed by atoms with Crippen molar-refractivity contribution < 1.29 is 4.74 Å². The molecule has 5 heteroatoms. The van der Waals surface area contributed by atoms with Crippen LogP contribution in [-0.4, -0.2) is 31.6 Å². The van der Waals surface area contributed by atoms with Gasteiger partial charge >= 0.3 is 0 Å². The van der Waals surface area contributed by atoms with E-state index in [2.05, 4.69) is 32.7 Å². The molecule has 1 aromatic heterocycles. The van der Waals surface area contributed by atoms with Crippen molar-refractivity contribution in [2.24, 2.45) is 4.99 Å². The molecule has 0 unspecified atom stereocenters. The quantitative estimate of drug-likeness (QED) is 0.468. The minimum Gasteiger partial charge on any atom is -0.497 e. The molecule has 0 radical (unpaired) electrons. The van der Waals surface area contributed by atoms with Crippen LogP contribution in [0.4, 0.5) is 0 Å². The Morgan fingerprint density at radius 3 is 2.61 bits per heavy atom. The number of rotatable bonds is 7. The lowest BCUT2D eigenvalue weighted by Crippen LogP contribution is -2.37. The third kappa shape index (κ3) is 5.98. The molecular formula is C18H24N4O. The zero-order valence-corrected chi connectivity index (χ0v) is 13.7. The van der Waals surface area contributed by atoms with E-state index in [1.165, 1.54) is 5.56 Å². The van der Waals surface area contributed by atoms with Crippen LogP contribution >= 0.6 is 0 Å². The summed E-state index contributed by atoms with van der Waals surface area (Å²) in [5, 5.41) is 6.58. The van der Waals surface area contributed by atoms with Crippen LogP contribution in [-0.2, 0) is 13.0 Å². The highest BCUT2D eigenvalue weighted by Crippen LogP contribution is 2.12. The Labute approximate surface area is 137 Å². The molecule has 0 aliphatic heterocycles. The van der Waals surface area contributed by atoms with Crippen molar-refractivity contribution in [3.8, 4) is 5.75 Å². The molecule has 0 saturated heterocycles. The summed E-state index contributed by atoms with van der Waals surface area (Å²) in [6.45, 7) is 1.53. The van der Waals surface area contributed by atoms with E-state index >= 15 is 0 Å². The van der Waals surface area contributed by atoms with E-state index in [0.29, 0.717) is 6.54 Å². The van der Waals surface area contributed by atoms with Gasteiger partial charge in [0.25, 0.3) is 0 Å². The molecule has 0 bridgehead atoms. The van der Waals surface area contributed by atoms with Gasteiger partial charge in [0, 0.05) is 19.8 Å². The predicted molar refractivity (Wildman–Crippen MR) is 93.8 cm³/mol. The largest absolute Gasteiger partial charge is 0.497 e. The van der Waals surface area contributed by atoms with Gasteiger partial charge in [-0.1, -0.05) is 18.2 Å². The Hall–Kier alpha value is -2.56. The smallest absolute Gasteiger partial charge is 0.191 e. The van der Waals surface area contributed by atoms with Gasteiger partial charge in [-0.05, 0) is 42.7 Å². The lowest BCUT2D eigenvalue weighted by molar-refractivity contribution is 0.414. The minimum absolute atomic E-state index is 0.666. The maximum Gasteiger partial charge on any atom is 0.191 e. The Kier molecular flexibility index (Phi) is 6.91. The molecular weight excluding hydrogens is 288 g/mol. The summed E-state index contributed by atoms with van der Waals surface area (Å²) in [6.07, 6.45) is 3.85. The van der Waals surface area contributed by atoms with Gasteiger partial charge in [-0.15, -0.1) is 0 Å². The zero-order valence-electron chi connectivity index (χ0n) is 13.7. The number of ether oxygens (including phenoxy) is 1. The maximum absolute atomic E-state index is 5.16. The molecule has 2 aromatic rings. The average molecular weight is 312 g/mol. The number of benzene rings is 1. The summed E-state index contributed by atoms with van der Waals surface area (Å²) < 4.78 is 5.16. The number of hydrogen-bond acceptors (Lipinski definition) is 3. The van der Waals surface area contributed by atoms with Gasteiger partial charge in [-0.25, -0.2) is 0 Å². The van der Waals surface area contributed by atoms with Crippen molar-refractivity contribution >= 4 is 5.96 Å². The Morgan fingerprint density at radius 1 is 1.13 bits per heavy atom. The maximum atomic E-state index is 5.16. The van der Waals surface area contributed by atoms with Crippen LogP contribution in [0, 0.1) is 0 Å². The highest BCUT2D eigenvalue weighted by atomic mass is 16.5. The first-order valence-corrected chi connectivity index (χ1v) is 7.79. The molecule has 1 heterocycles. The fourth-order valence-electron chi connectivity index (χ4n) is 2.19. The molecule has 5 nitrogen and oxygen atoms in total. The predicted octanol–water partition coefficient (Wildman–Crippen LogP) is 2.39. The van der Waals surface area contributed by atoms with E-state index in [9.17, 15) is 0 Å². The summed E-state index contributed by atoms with van der Waals surface area (Å²) >= 11 is 0. The van der Waals surface area contributed by atoms with Crippen LogP contribution in [0.5, 0.6) is 5.75 Å². The number of guanidine groups is 1. The number of nitrogens with one attached hydrogen (secondary N) is 2. The number of aliphatic imine (C=N–C) groups is 1. The first-order chi connectivity index (χ1) is 11.3. The minimum atomic E-state index is 0.666. The summed E-state index contributed by atoms with van der Waals surface area (Å²) in [4.78, 5) is 8.50. The van der Waals surface area contributed by atoms with Crippen molar-refractivity contribution in [1.29, 1.82) is 0 Å². The summed E-state index contributed by atoms with van der Waals surface area (Å²) in [5.74, 6) is 1.69. The van der Waals surface area contributed by atoms with E-state index in [1.807, 2.05) is 30.3 Å². The van der Waals surface area contributed by atoms with E-state index < -0.39 is 0 Å². The topological polar surface area (TPSA) is 58.5 Å². The van der Waals surface area contributed by atoms with Crippen LogP contribution in [0.1, 0.15) is 17.7 Å². The lowest BCUT2D eigenvalue weighted by Gasteiger charge is -2.11. The second-order valence-corrected chi connectivity index (χ2v) is 5.13. The van der Waals surface area contributed by atoms with E-state index in [-0.39, 0.29) is 0 Å². The zero-order chi connectivity index (χ0) is 16.3. The summed E-state index contributed by atoms with van der Waals surface area (Å²) in [7, 11) is 3.46. The summed E-state index contributed by atoms with van der Waals surface area (Å²) in [5.41, 5.74) is 2.30. The average Bonchev–Trinajstić information content (AvgIpc) is 2.62. The monoisotopic (exact) mass is 312 g/mol. The van der Waals surface area contributed by atoms with Crippen LogP contribution in [0.2, 0.25) is 0 Å². The molecule has 0 atom stereocenters. The molecule has 23 heavy (non-hydrogen) atoms. The molecule has 0 spiro atoms. The molecule has 1 aromatic carbocycles. The number of methoxy groups -OCH3 is 1. The van der Waals surface area contributed by atoms with Crippen molar-refractivity contribution in [2.45, 2.75) is 19.4 Å². The molecule has 2 rings (SSSR count). The first kappa shape index (κ1) is 16.8. The summed E-state index contributed by atoms with van der Waals surface area (Å²) in [6, 6.07) is 14.1. The molecule has 122 valence electrons. The second-order valence-electron chi connectivity index (χ2n) is 5.13. The molecule has 0 fully saturated rings. The Morgan fingerprint density at radius 2 is 1.96 bits per heavy atom. The number of nitrogens with zero attached hydrogens (tertiary/aromatic N) is 2. The number of hydrogen-bond donors (Lipinski definition) is 2. The number of pyridine rings is 1. The molecule has 0 aliphatic rings. The third-order valence-electron chi connectivity index (χ3n) is 3.48. The van der Waals surface area contributed by atoms with Gasteiger partial charge in [-0.3, -0.25) is 9.98 Å². The van der Waals surface area contributed by atoms with E-state index in [4.69, 9.17) is 4.74 Å².